The van der Waals surface area contributed by atoms with Gasteiger partial charge in [-0.2, -0.15) is 5.10 Å². The highest BCUT2D eigenvalue weighted by atomic mass is 15.3. The first kappa shape index (κ1) is 13.7. The summed E-state index contributed by atoms with van der Waals surface area (Å²) in [5.74, 6) is 1.01. The molecule has 1 heterocycles. The number of hydrogen-bond acceptors (Lipinski definition) is 3. The van der Waals surface area contributed by atoms with E-state index in [0.717, 1.165) is 18.8 Å². The Bertz CT molecular complexity index is 545. The smallest absolute Gasteiger partial charge is 0.138 e. The molecule has 0 amide bonds. The minimum Gasteiger partial charge on any atom is -0.310 e. The zero-order valence-corrected chi connectivity index (χ0v) is 12.1. The number of likely N-dealkylation sites (N-methyl/N-ethyl adjacent to an activating group) is 1. The number of aromatic nitrogens is 3. The van der Waals surface area contributed by atoms with Crippen molar-refractivity contribution in [1.29, 1.82) is 0 Å². The number of rotatable bonds is 5. The first-order chi connectivity index (χ1) is 9.11. The summed E-state index contributed by atoms with van der Waals surface area (Å²) in [5.41, 5.74) is 3.97. The number of aryl methyl sites for hydroxylation is 3. The van der Waals surface area contributed by atoms with Crippen LogP contribution in [0.25, 0.3) is 0 Å². The van der Waals surface area contributed by atoms with Gasteiger partial charge in [0.05, 0.1) is 0 Å². The Morgan fingerprint density at radius 2 is 2.11 bits per heavy atom. The number of hydrogen-bond donors (Lipinski definition) is 1. The van der Waals surface area contributed by atoms with E-state index in [0.29, 0.717) is 0 Å². The van der Waals surface area contributed by atoms with Gasteiger partial charge in [-0.25, -0.2) is 4.98 Å². The Morgan fingerprint density at radius 3 is 2.68 bits per heavy atom. The summed E-state index contributed by atoms with van der Waals surface area (Å²) >= 11 is 0. The van der Waals surface area contributed by atoms with Gasteiger partial charge in [0.15, 0.2) is 0 Å². The van der Waals surface area contributed by atoms with E-state index in [2.05, 4.69) is 54.4 Å². The van der Waals surface area contributed by atoms with Crippen LogP contribution < -0.4 is 5.32 Å². The highest BCUT2D eigenvalue weighted by molar-refractivity contribution is 5.33. The van der Waals surface area contributed by atoms with E-state index in [1.165, 1.54) is 16.7 Å². The van der Waals surface area contributed by atoms with Gasteiger partial charge in [-0.3, -0.25) is 4.68 Å². The molecular weight excluding hydrogens is 236 g/mol. The van der Waals surface area contributed by atoms with Crippen LogP contribution in [0.3, 0.4) is 0 Å². The van der Waals surface area contributed by atoms with E-state index < -0.39 is 0 Å². The highest BCUT2D eigenvalue weighted by Crippen LogP contribution is 2.22. The Kier molecular flexibility index (Phi) is 4.32. The van der Waals surface area contributed by atoms with Gasteiger partial charge < -0.3 is 5.32 Å². The van der Waals surface area contributed by atoms with Gasteiger partial charge in [-0.15, -0.1) is 0 Å². The van der Waals surface area contributed by atoms with Crippen molar-refractivity contribution in [2.75, 3.05) is 6.54 Å². The lowest BCUT2D eigenvalue weighted by atomic mass is 9.96. The molecule has 1 N–H and O–H groups in total. The van der Waals surface area contributed by atoms with Crippen molar-refractivity contribution in [1.82, 2.24) is 20.1 Å². The standard InChI is InChI=1S/C15H22N4/c1-5-16-14(9-15-17-10-18-19(15)4)13-7-6-11(2)8-12(13)3/h6-8,10,14,16H,5,9H2,1-4H3. The third kappa shape index (κ3) is 3.20. The molecule has 19 heavy (non-hydrogen) atoms. The average Bonchev–Trinajstić information content (AvgIpc) is 2.75. The van der Waals surface area contributed by atoms with Crippen molar-refractivity contribution in [2.24, 2.45) is 7.05 Å². The zero-order valence-electron chi connectivity index (χ0n) is 12.1. The SMILES string of the molecule is CCNC(Cc1ncnn1C)c1ccc(C)cc1C. The number of nitrogens with zero attached hydrogens (tertiary/aromatic N) is 3. The van der Waals surface area contributed by atoms with E-state index in [4.69, 9.17) is 0 Å². The largest absolute Gasteiger partial charge is 0.310 e. The van der Waals surface area contributed by atoms with Crippen molar-refractivity contribution < 1.29 is 0 Å². The Labute approximate surface area is 114 Å². The van der Waals surface area contributed by atoms with Crippen molar-refractivity contribution >= 4 is 0 Å². The second-order valence-corrected chi connectivity index (χ2v) is 4.97. The molecule has 0 saturated heterocycles. The van der Waals surface area contributed by atoms with Crippen LogP contribution >= 0.6 is 0 Å². The molecule has 0 saturated carbocycles. The third-order valence-corrected chi connectivity index (χ3v) is 3.44. The van der Waals surface area contributed by atoms with Crippen LogP contribution in [0.15, 0.2) is 24.5 Å². The molecule has 0 bridgehead atoms. The van der Waals surface area contributed by atoms with Crippen LogP contribution in [0.2, 0.25) is 0 Å². The van der Waals surface area contributed by atoms with Crippen LogP contribution in [0, 0.1) is 13.8 Å². The summed E-state index contributed by atoms with van der Waals surface area (Å²) in [6.07, 6.45) is 2.47. The predicted octanol–water partition coefficient (Wildman–Crippen LogP) is 2.33. The lowest BCUT2D eigenvalue weighted by Gasteiger charge is -2.20. The maximum atomic E-state index is 4.32. The molecule has 1 unspecified atom stereocenters. The third-order valence-electron chi connectivity index (χ3n) is 3.44. The molecule has 0 aliphatic heterocycles. The number of nitrogens with one attached hydrogen (secondary N) is 1. The minimum absolute atomic E-state index is 0.286. The van der Waals surface area contributed by atoms with E-state index in [-0.39, 0.29) is 6.04 Å². The Morgan fingerprint density at radius 1 is 1.32 bits per heavy atom. The zero-order chi connectivity index (χ0) is 13.8. The van der Waals surface area contributed by atoms with Crippen LogP contribution in [-0.4, -0.2) is 21.3 Å². The van der Waals surface area contributed by atoms with Crippen LogP contribution in [0.4, 0.5) is 0 Å². The normalized spacial score (nSPS) is 12.6. The first-order valence-corrected chi connectivity index (χ1v) is 6.75. The molecule has 0 fully saturated rings. The molecule has 102 valence electrons. The summed E-state index contributed by atoms with van der Waals surface area (Å²) in [4.78, 5) is 4.32. The molecule has 0 radical (unpaired) electrons. The molecule has 2 aromatic rings. The first-order valence-electron chi connectivity index (χ1n) is 6.75. The lowest BCUT2D eigenvalue weighted by molar-refractivity contribution is 0.520. The van der Waals surface area contributed by atoms with Gasteiger partial charge in [0.1, 0.15) is 12.2 Å². The molecule has 2 rings (SSSR count). The van der Waals surface area contributed by atoms with E-state index in [1.807, 2.05) is 11.7 Å². The van der Waals surface area contributed by atoms with Crippen LogP contribution in [0.1, 0.15) is 35.5 Å². The van der Waals surface area contributed by atoms with Gasteiger partial charge >= 0.3 is 0 Å². The lowest BCUT2D eigenvalue weighted by Crippen LogP contribution is -2.25. The fourth-order valence-electron chi connectivity index (χ4n) is 2.44. The Hall–Kier alpha value is -1.68. The fourth-order valence-corrected chi connectivity index (χ4v) is 2.44. The average molecular weight is 258 g/mol. The topological polar surface area (TPSA) is 42.7 Å². The summed E-state index contributed by atoms with van der Waals surface area (Å²) in [6, 6.07) is 6.90. The second kappa shape index (κ2) is 5.97. The summed E-state index contributed by atoms with van der Waals surface area (Å²) in [6.45, 7) is 7.37. The molecule has 4 heteroatoms. The van der Waals surface area contributed by atoms with Crippen molar-refractivity contribution in [3.63, 3.8) is 0 Å². The van der Waals surface area contributed by atoms with E-state index in [1.54, 1.807) is 6.33 Å². The molecule has 1 atom stereocenters. The molecule has 0 aliphatic rings. The van der Waals surface area contributed by atoms with Crippen LogP contribution in [-0.2, 0) is 13.5 Å². The summed E-state index contributed by atoms with van der Waals surface area (Å²) in [5, 5.41) is 7.68. The van der Waals surface area contributed by atoms with Gasteiger partial charge in [-0.1, -0.05) is 30.7 Å². The molecule has 0 spiro atoms. The molecule has 1 aromatic heterocycles. The molecule has 4 nitrogen and oxygen atoms in total. The number of benzene rings is 1. The van der Waals surface area contributed by atoms with Gasteiger partial charge in [-0.05, 0) is 31.5 Å². The molecular formula is C15H22N4. The van der Waals surface area contributed by atoms with Gasteiger partial charge in [0, 0.05) is 19.5 Å². The Balaban J connectivity index is 2.27. The van der Waals surface area contributed by atoms with Gasteiger partial charge in [0.25, 0.3) is 0 Å². The summed E-state index contributed by atoms with van der Waals surface area (Å²) in [7, 11) is 1.94. The quantitative estimate of drug-likeness (QED) is 0.895. The van der Waals surface area contributed by atoms with E-state index >= 15 is 0 Å². The monoisotopic (exact) mass is 258 g/mol. The van der Waals surface area contributed by atoms with Gasteiger partial charge in [0.2, 0.25) is 0 Å². The van der Waals surface area contributed by atoms with E-state index in [9.17, 15) is 0 Å². The van der Waals surface area contributed by atoms with Crippen molar-refractivity contribution in [3.05, 3.63) is 47.0 Å². The predicted molar refractivity (Wildman–Crippen MR) is 77.0 cm³/mol. The van der Waals surface area contributed by atoms with Crippen molar-refractivity contribution in [2.45, 2.75) is 33.2 Å². The molecule has 1 aromatic carbocycles. The maximum Gasteiger partial charge on any atom is 0.138 e. The highest BCUT2D eigenvalue weighted by Gasteiger charge is 2.16. The fraction of sp³-hybridized carbons (Fsp3) is 0.467. The molecule has 0 aliphatic carbocycles. The van der Waals surface area contributed by atoms with Crippen LogP contribution in [0.5, 0.6) is 0 Å². The second-order valence-electron chi connectivity index (χ2n) is 4.97. The maximum absolute atomic E-state index is 4.32. The minimum atomic E-state index is 0.286. The van der Waals surface area contributed by atoms with Crippen molar-refractivity contribution in [3.8, 4) is 0 Å². The summed E-state index contributed by atoms with van der Waals surface area (Å²) < 4.78 is 1.84.